The third kappa shape index (κ3) is 4.06. The highest BCUT2D eigenvalue weighted by atomic mass is 35.5. The Hall–Kier alpha value is -2.38. The van der Waals surface area contributed by atoms with Crippen LogP contribution in [0.3, 0.4) is 0 Å². The Bertz CT molecular complexity index is 1170. The Kier molecular flexibility index (Phi) is 6.18. The van der Waals surface area contributed by atoms with Crippen LogP contribution in [0, 0.1) is 0 Å². The molecule has 0 saturated carbocycles. The average molecular weight is 486 g/mol. The van der Waals surface area contributed by atoms with Crippen LogP contribution in [-0.2, 0) is 22.4 Å². The van der Waals surface area contributed by atoms with Gasteiger partial charge in [0.05, 0.1) is 50.6 Å². The SMILES string of the molecule is C[C@H]1c2cccc(-c3cnn(C4COC4)c3)c2C[C@H](CO)N1C(=O)Cc1c(Cl)cccc1Cl. The highest BCUT2D eigenvalue weighted by Gasteiger charge is 2.36. The second kappa shape index (κ2) is 9.11. The van der Waals surface area contributed by atoms with Crippen molar-refractivity contribution in [3.05, 3.63) is 75.5 Å². The molecule has 3 heterocycles. The number of benzene rings is 2. The van der Waals surface area contributed by atoms with Crippen molar-refractivity contribution in [2.75, 3.05) is 19.8 Å². The quantitative estimate of drug-likeness (QED) is 0.578. The number of fused-ring (bicyclic) bond motifs is 1. The molecule has 5 rings (SSSR count). The van der Waals surface area contributed by atoms with E-state index in [1.54, 1.807) is 23.1 Å². The standard InChI is InChI=1S/C25H25Cl2N3O3/c1-15-19-4-2-5-20(16-10-28-29(11-16)18-13-33-14-18)21(19)8-17(12-31)30(15)25(32)9-22-23(26)6-3-7-24(22)27/h2-7,10-11,15,17-18,31H,8-9,12-14H2,1H3/t15-,17+/m0/s1. The minimum Gasteiger partial charge on any atom is -0.394 e. The zero-order chi connectivity index (χ0) is 23.1. The number of hydrogen-bond acceptors (Lipinski definition) is 4. The second-order valence-electron chi connectivity index (χ2n) is 8.67. The summed E-state index contributed by atoms with van der Waals surface area (Å²) in [6.45, 7) is 3.25. The van der Waals surface area contributed by atoms with Crippen LogP contribution < -0.4 is 0 Å². The van der Waals surface area contributed by atoms with Gasteiger partial charge in [0.1, 0.15) is 0 Å². The fourth-order valence-corrected chi connectivity index (χ4v) is 5.39. The van der Waals surface area contributed by atoms with E-state index < -0.39 is 0 Å². The number of aliphatic hydroxyl groups is 1. The first kappa shape index (κ1) is 22.4. The molecule has 33 heavy (non-hydrogen) atoms. The van der Waals surface area contributed by atoms with Crippen molar-refractivity contribution < 1.29 is 14.6 Å². The molecule has 8 heteroatoms. The number of rotatable bonds is 5. The van der Waals surface area contributed by atoms with Gasteiger partial charge in [-0.25, -0.2) is 0 Å². The minimum atomic E-state index is -0.336. The molecule has 1 N–H and O–H groups in total. The first-order valence-corrected chi connectivity index (χ1v) is 11.8. The largest absolute Gasteiger partial charge is 0.394 e. The lowest BCUT2D eigenvalue weighted by molar-refractivity contribution is -0.137. The van der Waals surface area contributed by atoms with Crippen molar-refractivity contribution in [1.82, 2.24) is 14.7 Å². The van der Waals surface area contributed by atoms with E-state index in [0.29, 0.717) is 35.2 Å². The van der Waals surface area contributed by atoms with Crippen LogP contribution in [0.15, 0.2) is 48.8 Å². The normalized spacial score (nSPS) is 20.4. The highest BCUT2D eigenvalue weighted by molar-refractivity contribution is 6.36. The molecule has 2 aliphatic heterocycles. The van der Waals surface area contributed by atoms with Crippen LogP contribution in [0.1, 0.15) is 35.7 Å². The molecule has 2 aromatic carbocycles. The fourth-order valence-electron chi connectivity index (χ4n) is 4.86. The maximum absolute atomic E-state index is 13.4. The topological polar surface area (TPSA) is 67.6 Å². The summed E-state index contributed by atoms with van der Waals surface area (Å²) in [5.74, 6) is -0.106. The second-order valence-corrected chi connectivity index (χ2v) is 9.48. The third-order valence-electron chi connectivity index (χ3n) is 6.71. The van der Waals surface area contributed by atoms with Gasteiger partial charge in [-0.05, 0) is 47.7 Å². The van der Waals surface area contributed by atoms with Crippen molar-refractivity contribution in [3.63, 3.8) is 0 Å². The van der Waals surface area contributed by atoms with E-state index >= 15 is 0 Å². The van der Waals surface area contributed by atoms with E-state index in [4.69, 9.17) is 27.9 Å². The fraction of sp³-hybridized carbons (Fsp3) is 0.360. The zero-order valence-electron chi connectivity index (χ0n) is 18.2. The molecule has 1 amide bonds. The van der Waals surface area contributed by atoms with E-state index in [9.17, 15) is 9.90 Å². The minimum absolute atomic E-state index is 0.0879. The number of aliphatic hydroxyl groups excluding tert-OH is 1. The predicted octanol–water partition coefficient (Wildman–Crippen LogP) is 4.48. The summed E-state index contributed by atoms with van der Waals surface area (Å²) in [5, 5.41) is 15.7. The summed E-state index contributed by atoms with van der Waals surface area (Å²) >= 11 is 12.6. The van der Waals surface area contributed by atoms with Crippen molar-refractivity contribution in [2.45, 2.75) is 37.9 Å². The van der Waals surface area contributed by atoms with Gasteiger partial charge in [-0.15, -0.1) is 0 Å². The smallest absolute Gasteiger partial charge is 0.227 e. The predicted molar refractivity (Wildman–Crippen MR) is 128 cm³/mol. The molecule has 0 unspecified atom stereocenters. The molecule has 0 spiro atoms. The summed E-state index contributed by atoms with van der Waals surface area (Å²) in [4.78, 5) is 15.2. The Morgan fingerprint density at radius 3 is 2.58 bits per heavy atom. The van der Waals surface area contributed by atoms with E-state index in [1.165, 1.54) is 0 Å². The van der Waals surface area contributed by atoms with E-state index in [2.05, 4.69) is 23.4 Å². The van der Waals surface area contributed by atoms with Gasteiger partial charge < -0.3 is 14.7 Å². The monoisotopic (exact) mass is 485 g/mol. The molecule has 1 fully saturated rings. The molecule has 0 radical (unpaired) electrons. The van der Waals surface area contributed by atoms with Crippen LogP contribution in [0.5, 0.6) is 0 Å². The summed E-state index contributed by atoms with van der Waals surface area (Å²) < 4.78 is 7.24. The molecule has 0 aliphatic carbocycles. The van der Waals surface area contributed by atoms with Crippen molar-refractivity contribution in [1.29, 1.82) is 0 Å². The lowest BCUT2D eigenvalue weighted by Gasteiger charge is -2.42. The first-order chi connectivity index (χ1) is 16.0. The molecule has 6 nitrogen and oxygen atoms in total. The first-order valence-electron chi connectivity index (χ1n) is 11.1. The molecule has 3 aromatic rings. The molecular weight excluding hydrogens is 461 g/mol. The van der Waals surface area contributed by atoms with E-state index in [-0.39, 0.29) is 37.1 Å². The number of carbonyl (C=O) groups is 1. The van der Waals surface area contributed by atoms with Crippen LogP contribution in [0.2, 0.25) is 10.0 Å². The average Bonchev–Trinajstić information content (AvgIpc) is 3.23. The Balaban J connectivity index is 1.46. The van der Waals surface area contributed by atoms with Crippen LogP contribution in [0.25, 0.3) is 11.1 Å². The van der Waals surface area contributed by atoms with Gasteiger partial charge in [0, 0.05) is 21.8 Å². The Labute approximate surface area is 202 Å². The molecule has 2 atom stereocenters. The van der Waals surface area contributed by atoms with Gasteiger partial charge in [0.2, 0.25) is 5.91 Å². The molecule has 2 aliphatic rings. The molecule has 1 aromatic heterocycles. The molecular formula is C25H25Cl2N3O3. The van der Waals surface area contributed by atoms with Gasteiger partial charge >= 0.3 is 0 Å². The lowest BCUT2D eigenvalue weighted by Crippen LogP contribution is -2.49. The Morgan fingerprint density at radius 1 is 1.18 bits per heavy atom. The lowest BCUT2D eigenvalue weighted by atomic mass is 9.84. The highest BCUT2D eigenvalue weighted by Crippen LogP contribution is 2.39. The number of nitrogens with zero attached hydrogens (tertiary/aromatic N) is 3. The summed E-state index contributed by atoms with van der Waals surface area (Å²) in [7, 11) is 0. The van der Waals surface area contributed by atoms with Gasteiger partial charge in [-0.1, -0.05) is 47.5 Å². The molecule has 172 valence electrons. The zero-order valence-corrected chi connectivity index (χ0v) is 19.8. The van der Waals surface area contributed by atoms with Crippen molar-refractivity contribution >= 4 is 29.1 Å². The third-order valence-corrected chi connectivity index (χ3v) is 7.42. The van der Waals surface area contributed by atoms with E-state index in [1.807, 2.05) is 23.9 Å². The van der Waals surface area contributed by atoms with Crippen LogP contribution in [-0.4, -0.2) is 51.6 Å². The number of aromatic nitrogens is 2. The molecule has 0 bridgehead atoms. The van der Waals surface area contributed by atoms with Crippen LogP contribution >= 0.6 is 23.2 Å². The number of carbonyl (C=O) groups excluding carboxylic acids is 1. The summed E-state index contributed by atoms with van der Waals surface area (Å²) in [5.41, 5.74) is 4.96. The number of amides is 1. The maximum atomic E-state index is 13.4. The van der Waals surface area contributed by atoms with Gasteiger partial charge in [-0.3, -0.25) is 9.48 Å². The van der Waals surface area contributed by atoms with Crippen molar-refractivity contribution in [2.24, 2.45) is 0 Å². The number of halogens is 2. The molecule has 1 saturated heterocycles. The maximum Gasteiger partial charge on any atom is 0.227 e. The number of hydrogen-bond donors (Lipinski definition) is 1. The van der Waals surface area contributed by atoms with E-state index in [0.717, 1.165) is 22.3 Å². The Morgan fingerprint density at radius 2 is 1.91 bits per heavy atom. The van der Waals surface area contributed by atoms with Crippen LogP contribution in [0.4, 0.5) is 0 Å². The van der Waals surface area contributed by atoms with Gasteiger partial charge in [0.25, 0.3) is 0 Å². The summed E-state index contributed by atoms with van der Waals surface area (Å²) in [6.07, 6.45) is 4.58. The number of ether oxygens (including phenoxy) is 1. The van der Waals surface area contributed by atoms with Gasteiger partial charge in [0.15, 0.2) is 0 Å². The van der Waals surface area contributed by atoms with Gasteiger partial charge in [-0.2, -0.15) is 5.10 Å². The summed E-state index contributed by atoms with van der Waals surface area (Å²) in [6, 6.07) is 11.1. The van der Waals surface area contributed by atoms with Crippen molar-refractivity contribution in [3.8, 4) is 11.1 Å².